The Morgan fingerprint density at radius 1 is 1.48 bits per heavy atom. The van der Waals surface area contributed by atoms with E-state index in [0.29, 0.717) is 24.6 Å². The Labute approximate surface area is 126 Å². The lowest BCUT2D eigenvalue weighted by atomic mass is 10.2. The number of hydrogen-bond donors (Lipinski definition) is 0. The lowest BCUT2D eigenvalue weighted by molar-refractivity contribution is 0.164. The minimum atomic E-state index is -3.61. The molecule has 0 bridgehead atoms. The monoisotopic (exact) mass is 308 g/mol. The van der Waals surface area contributed by atoms with Crippen LogP contribution in [0.4, 0.5) is 0 Å². The molecule has 1 aromatic rings. The molecule has 1 unspecified atom stereocenters. The van der Waals surface area contributed by atoms with Crippen molar-refractivity contribution in [1.29, 1.82) is 5.26 Å². The fraction of sp³-hybridized carbons (Fsp3) is 0.533. The second kappa shape index (κ2) is 6.56. The molecule has 5 nitrogen and oxygen atoms in total. The van der Waals surface area contributed by atoms with E-state index >= 15 is 0 Å². The molecular formula is C15H20N2O3S. The van der Waals surface area contributed by atoms with Crippen LogP contribution in [0.15, 0.2) is 29.2 Å². The second-order valence-electron chi connectivity index (χ2n) is 5.33. The van der Waals surface area contributed by atoms with E-state index in [1.807, 2.05) is 13.0 Å². The van der Waals surface area contributed by atoms with Crippen molar-refractivity contribution in [3.05, 3.63) is 29.8 Å². The molecule has 2 rings (SSSR count). The molecule has 0 saturated heterocycles. The summed E-state index contributed by atoms with van der Waals surface area (Å²) in [5.74, 6) is 0.427. The zero-order valence-electron chi connectivity index (χ0n) is 12.3. The first-order valence-electron chi connectivity index (χ1n) is 7.01. The Hall–Kier alpha value is -1.42. The number of nitrogens with zero attached hydrogens (tertiary/aromatic N) is 2. The molecule has 0 aliphatic heterocycles. The van der Waals surface area contributed by atoms with Gasteiger partial charge in [-0.3, -0.25) is 0 Å². The van der Waals surface area contributed by atoms with E-state index < -0.39 is 10.0 Å². The largest absolute Gasteiger partial charge is 0.383 e. The van der Waals surface area contributed by atoms with Crippen LogP contribution in [-0.2, 0) is 14.8 Å². The van der Waals surface area contributed by atoms with Gasteiger partial charge in [-0.25, -0.2) is 8.42 Å². The molecule has 1 saturated carbocycles. The van der Waals surface area contributed by atoms with Crippen molar-refractivity contribution < 1.29 is 13.2 Å². The van der Waals surface area contributed by atoms with Crippen LogP contribution in [0.2, 0.25) is 0 Å². The molecule has 0 aromatic heterocycles. The molecule has 0 radical (unpaired) electrons. The van der Waals surface area contributed by atoms with Crippen LogP contribution in [0.5, 0.6) is 0 Å². The fourth-order valence-corrected chi connectivity index (χ4v) is 4.12. The van der Waals surface area contributed by atoms with E-state index in [1.165, 1.54) is 16.4 Å². The van der Waals surface area contributed by atoms with Crippen molar-refractivity contribution in [3.8, 4) is 6.07 Å². The molecule has 114 valence electrons. The standard InChI is InChI=1S/C15H20N2O3S/c1-12(14-6-7-14)17(8-9-20-2)21(18,19)15-5-3-4-13(10-15)11-16/h3-5,10,12,14H,6-9H2,1-2H3. The van der Waals surface area contributed by atoms with Crippen LogP contribution in [0, 0.1) is 17.2 Å². The Morgan fingerprint density at radius 2 is 2.19 bits per heavy atom. The van der Waals surface area contributed by atoms with Crippen molar-refractivity contribution in [2.24, 2.45) is 5.92 Å². The smallest absolute Gasteiger partial charge is 0.243 e. The minimum Gasteiger partial charge on any atom is -0.383 e. The number of sulfonamides is 1. The lowest BCUT2D eigenvalue weighted by Gasteiger charge is -2.28. The van der Waals surface area contributed by atoms with Gasteiger partial charge in [0.1, 0.15) is 0 Å². The van der Waals surface area contributed by atoms with Crippen LogP contribution in [-0.4, -0.2) is 39.0 Å². The maximum atomic E-state index is 12.8. The zero-order chi connectivity index (χ0) is 15.5. The van der Waals surface area contributed by atoms with Gasteiger partial charge in [-0.05, 0) is 43.9 Å². The summed E-state index contributed by atoms with van der Waals surface area (Å²) in [6.45, 7) is 2.63. The van der Waals surface area contributed by atoms with E-state index in [-0.39, 0.29) is 10.9 Å². The van der Waals surface area contributed by atoms with Crippen LogP contribution < -0.4 is 0 Å². The third-order valence-corrected chi connectivity index (χ3v) is 5.83. The molecule has 0 amide bonds. The minimum absolute atomic E-state index is 0.0455. The highest BCUT2D eigenvalue weighted by atomic mass is 32.2. The first kappa shape index (κ1) is 16.0. The highest BCUT2D eigenvalue weighted by Crippen LogP contribution is 2.37. The van der Waals surface area contributed by atoms with E-state index in [9.17, 15) is 8.42 Å². The third-order valence-electron chi connectivity index (χ3n) is 3.84. The summed E-state index contributed by atoms with van der Waals surface area (Å²) < 4.78 is 32.2. The Bertz CT molecular complexity index is 633. The molecule has 0 spiro atoms. The van der Waals surface area contributed by atoms with E-state index in [1.54, 1.807) is 19.2 Å². The lowest BCUT2D eigenvalue weighted by Crippen LogP contribution is -2.41. The summed E-state index contributed by atoms with van der Waals surface area (Å²) in [7, 11) is -2.05. The molecule has 6 heteroatoms. The van der Waals surface area contributed by atoms with Crippen LogP contribution in [0.25, 0.3) is 0 Å². The van der Waals surface area contributed by atoms with Crippen molar-refractivity contribution in [1.82, 2.24) is 4.31 Å². The summed E-state index contributed by atoms with van der Waals surface area (Å²) in [4.78, 5) is 0.171. The van der Waals surface area contributed by atoms with Crippen molar-refractivity contribution >= 4 is 10.0 Å². The highest BCUT2D eigenvalue weighted by Gasteiger charge is 2.38. The van der Waals surface area contributed by atoms with Gasteiger partial charge in [0.15, 0.2) is 0 Å². The Balaban J connectivity index is 2.33. The Kier molecular flexibility index (Phi) is 4.99. The third kappa shape index (κ3) is 3.62. The first-order valence-corrected chi connectivity index (χ1v) is 8.45. The van der Waals surface area contributed by atoms with Gasteiger partial charge in [0.05, 0.1) is 23.1 Å². The maximum Gasteiger partial charge on any atom is 0.243 e. The summed E-state index contributed by atoms with van der Waals surface area (Å²) in [6, 6.07) is 8.09. The normalized spacial score (nSPS) is 16.7. The molecule has 1 aliphatic carbocycles. The predicted molar refractivity (Wildman–Crippen MR) is 79.1 cm³/mol. The van der Waals surface area contributed by atoms with Gasteiger partial charge in [0.2, 0.25) is 10.0 Å². The van der Waals surface area contributed by atoms with Crippen molar-refractivity contribution in [3.63, 3.8) is 0 Å². The van der Waals surface area contributed by atoms with E-state index in [2.05, 4.69) is 0 Å². The molecule has 1 fully saturated rings. The number of benzene rings is 1. The van der Waals surface area contributed by atoms with Crippen molar-refractivity contribution in [2.45, 2.75) is 30.7 Å². The van der Waals surface area contributed by atoms with Gasteiger partial charge in [0, 0.05) is 19.7 Å². The molecule has 1 aromatic carbocycles. The predicted octanol–water partition coefficient (Wildman–Crippen LogP) is 1.99. The van der Waals surface area contributed by atoms with Crippen molar-refractivity contribution in [2.75, 3.05) is 20.3 Å². The topological polar surface area (TPSA) is 70.4 Å². The van der Waals surface area contributed by atoms with Gasteiger partial charge >= 0.3 is 0 Å². The highest BCUT2D eigenvalue weighted by molar-refractivity contribution is 7.89. The average molecular weight is 308 g/mol. The van der Waals surface area contributed by atoms with Gasteiger partial charge in [-0.2, -0.15) is 9.57 Å². The van der Waals surface area contributed by atoms with Gasteiger partial charge in [0.25, 0.3) is 0 Å². The number of nitriles is 1. The van der Waals surface area contributed by atoms with E-state index in [4.69, 9.17) is 10.00 Å². The van der Waals surface area contributed by atoms with Crippen LogP contribution in [0.1, 0.15) is 25.3 Å². The summed E-state index contributed by atoms with van der Waals surface area (Å²) >= 11 is 0. The SMILES string of the molecule is COCCN(C(C)C1CC1)S(=O)(=O)c1cccc(C#N)c1. The van der Waals surface area contributed by atoms with E-state index in [0.717, 1.165) is 12.8 Å². The average Bonchev–Trinajstić information content (AvgIpc) is 3.32. The van der Waals surface area contributed by atoms with Gasteiger partial charge < -0.3 is 4.74 Å². The van der Waals surface area contributed by atoms with Gasteiger partial charge in [-0.15, -0.1) is 0 Å². The van der Waals surface area contributed by atoms with Crippen LogP contribution >= 0.6 is 0 Å². The summed E-state index contributed by atoms with van der Waals surface area (Å²) in [5, 5.41) is 8.94. The number of ether oxygens (including phenoxy) is 1. The first-order chi connectivity index (χ1) is 10.0. The molecule has 1 aliphatic rings. The molecular weight excluding hydrogens is 288 g/mol. The second-order valence-corrected chi connectivity index (χ2v) is 7.22. The number of rotatable bonds is 7. The maximum absolute atomic E-state index is 12.8. The quantitative estimate of drug-likeness (QED) is 0.772. The number of hydrogen-bond acceptors (Lipinski definition) is 4. The molecule has 1 atom stereocenters. The number of methoxy groups -OCH3 is 1. The summed E-state index contributed by atoms with van der Waals surface area (Å²) in [6.07, 6.45) is 2.14. The molecule has 0 N–H and O–H groups in total. The zero-order valence-corrected chi connectivity index (χ0v) is 13.1. The Morgan fingerprint density at radius 3 is 2.76 bits per heavy atom. The summed E-state index contributed by atoms with van der Waals surface area (Å²) in [5.41, 5.74) is 0.349. The molecule has 21 heavy (non-hydrogen) atoms. The fourth-order valence-electron chi connectivity index (χ4n) is 2.40. The molecule has 0 heterocycles. The van der Waals surface area contributed by atoms with Gasteiger partial charge in [-0.1, -0.05) is 6.07 Å². The van der Waals surface area contributed by atoms with Crippen LogP contribution in [0.3, 0.4) is 0 Å².